The molecule has 0 aliphatic rings. The van der Waals surface area contributed by atoms with Crippen molar-refractivity contribution >= 4 is 32.7 Å². The summed E-state index contributed by atoms with van der Waals surface area (Å²) in [4.78, 5) is -0.292. The van der Waals surface area contributed by atoms with E-state index in [2.05, 4.69) is 0 Å². The monoisotopic (exact) mass is 333 g/mol. The van der Waals surface area contributed by atoms with Crippen LogP contribution in [0.25, 0.3) is 0 Å². The van der Waals surface area contributed by atoms with E-state index in [-0.39, 0.29) is 44.4 Å². The van der Waals surface area contributed by atoms with Crippen LogP contribution in [0, 0.1) is 0 Å². The normalized spacial score (nSPS) is 13.1. The Morgan fingerprint density at radius 3 is 2.26 bits per heavy atom. The summed E-state index contributed by atoms with van der Waals surface area (Å²) in [5, 5.41) is 0.00169. The van der Waals surface area contributed by atoms with Gasteiger partial charge in [-0.3, -0.25) is 4.21 Å². The molecule has 0 aliphatic carbocycles. The zero-order valence-corrected chi connectivity index (χ0v) is 15.3. The third-order valence-electron chi connectivity index (χ3n) is 2.43. The van der Waals surface area contributed by atoms with E-state index < -0.39 is 21.1 Å². The van der Waals surface area contributed by atoms with Crippen molar-refractivity contribution in [2.24, 2.45) is 0 Å². The largest absolute Gasteiger partial charge is 1.00 e. The molecular weight excluding hydrogens is 321 g/mol. The third kappa shape index (κ3) is 4.50. The van der Waals surface area contributed by atoms with E-state index in [9.17, 15) is 17.2 Å². The summed E-state index contributed by atoms with van der Waals surface area (Å²) in [5.41, 5.74) is 0. The van der Waals surface area contributed by atoms with Crippen molar-refractivity contribution in [2.45, 2.75) is 23.6 Å². The Morgan fingerprint density at radius 2 is 1.84 bits per heavy atom. The Kier molecular flexibility index (Phi) is 8.32. The predicted molar refractivity (Wildman–Crippen MR) is 68.7 cm³/mol. The van der Waals surface area contributed by atoms with E-state index in [4.69, 9.17) is 11.6 Å². The molecule has 9 heteroatoms. The minimum atomic E-state index is -3.67. The van der Waals surface area contributed by atoms with Crippen LogP contribution in [-0.2, 0) is 21.1 Å². The van der Waals surface area contributed by atoms with Gasteiger partial charge in [0.2, 0.25) is 10.0 Å². The van der Waals surface area contributed by atoms with E-state index in [1.165, 1.54) is 16.4 Å². The van der Waals surface area contributed by atoms with E-state index in [0.29, 0.717) is 13.1 Å². The molecule has 1 aromatic rings. The van der Waals surface area contributed by atoms with E-state index in [1.807, 2.05) is 0 Å². The minimum Gasteiger partial charge on any atom is -0.768 e. The second kappa shape index (κ2) is 8.09. The maximum absolute atomic E-state index is 12.2. The average Bonchev–Trinajstić information content (AvgIpc) is 2.30. The second-order valence-electron chi connectivity index (χ2n) is 3.42. The minimum absolute atomic E-state index is 0. The number of rotatable bonds is 5. The molecule has 102 valence electrons. The van der Waals surface area contributed by atoms with Gasteiger partial charge in [-0.25, -0.2) is 8.42 Å². The molecule has 0 aliphatic heterocycles. The van der Waals surface area contributed by atoms with Gasteiger partial charge in [-0.1, -0.05) is 25.4 Å². The van der Waals surface area contributed by atoms with Gasteiger partial charge in [-0.2, -0.15) is 4.31 Å². The zero-order valence-electron chi connectivity index (χ0n) is 10.9. The molecule has 1 aromatic carbocycles. The smallest absolute Gasteiger partial charge is 0.768 e. The SMILES string of the molecule is CCN(CC)S(=O)(=O)c1ccc(Cl)c(S(=O)[O-])c1.[Na+]. The van der Waals surface area contributed by atoms with Gasteiger partial charge >= 0.3 is 29.6 Å². The molecule has 0 saturated carbocycles. The van der Waals surface area contributed by atoms with Crippen LogP contribution in [0.5, 0.6) is 0 Å². The van der Waals surface area contributed by atoms with Crippen molar-refractivity contribution < 1.29 is 46.7 Å². The molecule has 0 N–H and O–H groups in total. The van der Waals surface area contributed by atoms with E-state index >= 15 is 0 Å². The quantitative estimate of drug-likeness (QED) is 0.491. The Bertz CT molecular complexity index is 561. The fourth-order valence-corrected chi connectivity index (χ4v) is 3.80. The summed E-state index contributed by atoms with van der Waals surface area (Å²) in [6.45, 7) is 4.06. The summed E-state index contributed by atoms with van der Waals surface area (Å²) in [5.74, 6) is 0. The predicted octanol–water partition coefficient (Wildman–Crippen LogP) is -1.39. The number of halogens is 1. The fraction of sp³-hybridized carbons (Fsp3) is 0.400. The summed E-state index contributed by atoms with van der Waals surface area (Å²) in [6.07, 6.45) is 0. The van der Waals surface area contributed by atoms with Crippen molar-refractivity contribution in [1.29, 1.82) is 0 Å². The van der Waals surface area contributed by atoms with Crippen LogP contribution in [0.15, 0.2) is 28.0 Å². The first-order valence-electron chi connectivity index (χ1n) is 5.23. The summed E-state index contributed by atoms with van der Waals surface area (Å²) < 4.78 is 47.4. The Labute approximate surface area is 143 Å². The van der Waals surface area contributed by atoms with Crippen LogP contribution >= 0.6 is 11.6 Å². The molecule has 1 atom stereocenters. The van der Waals surface area contributed by atoms with Gasteiger partial charge in [-0.15, -0.1) is 0 Å². The number of hydrogen-bond donors (Lipinski definition) is 0. The van der Waals surface area contributed by atoms with Gasteiger partial charge in [0.05, 0.1) is 9.92 Å². The maximum atomic E-state index is 12.2. The van der Waals surface area contributed by atoms with Crippen molar-refractivity contribution in [2.75, 3.05) is 13.1 Å². The van der Waals surface area contributed by atoms with Gasteiger partial charge < -0.3 is 4.55 Å². The Hall–Kier alpha value is 0.530. The Balaban J connectivity index is 0.00000324. The topological polar surface area (TPSA) is 77.5 Å². The zero-order chi connectivity index (χ0) is 13.9. The number of nitrogens with zero attached hydrogens (tertiary/aromatic N) is 1. The molecule has 1 unspecified atom stereocenters. The van der Waals surface area contributed by atoms with Crippen molar-refractivity contribution in [3.63, 3.8) is 0 Å². The van der Waals surface area contributed by atoms with Crippen LogP contribution in [0.1, 0.15) is 13.8 Å². The molecule has 5 nitrogen and oxygen atoms in total. The molecule has 0 heterocycles. The first-order chi connectivity index (χ1) is 8.34. The van der Waals surface area contributed by atoms with Crippen LogP contribution in [0.4, 0.5) is 0 Å². The number of benzene rings is 1. The molecule has 0 spiro atoms. The van der Waals surface area contributed by atoms with Gasteiger partial charge in [0.25, 0.3) is 0 Å². The summed E-state index contributed by atoms with van der Waals surface area (Å²) in [6, 6.07) is 3.63. The fourth-order valence-electron chi connectivity index (χ4n) is 1.48. The van der Waals surface area contributed by atoms with Crippen LogP contribution < -0.4 is 29.6 Å². The van der Waals surface area contributed by atoms with E-state index in [1.54, 1.807) is 13.8 Å². The molecule has 0 amide bonds. The van der Waals surface area contributed by atoms with Crippen molar-refractivity contribution in [3.8, 4) is 0 Å². The van der Waals surface area contributed by atoms with Crippen LogP contribution in [-0.4, -0.2) is 34.6 Å². The molecule has 19 heavy (non-hydrogen) atoms. The third-order valence-corrected chi connectivity index (χ3v) is 5.61. The van der Waals surface area contributed by atoms with Crippen LogP contribution in [0.3, 0.4) is 0 Å². The molecule has 0 fully saturated rings. The van der Waals surface area contributed by atoms with E-state index in [0.717, 1.165) is 6.07 Å². The van der Waals surface area contributed by atoms with Gasteiger partial charge in [-0.05, 0) is 29.3 Å². The van der Waals surface area contributed by atoms with Crippen LogP contribution in [0.2, 0.25) is 5.02 Å². The van der Waals surface area contributed by atoms with Gasteiger partial charge in [0.1, 0.15) is 0 Å². The summed E-state index contributed by atoms with van der Waals surface area (Å²) >= 11 is 3.12. The summed E-state index contributed by atoms with van der Waals surface area (Å²) in [7, 11) is -3.67. The number of hydrogen-bond acceptors (Lipinski definition) is 4. The molecule has 0 radical (unpaired) electrons. The van der Waals surface area contributed by atoms with Gasteiger partial charge in [0, 0.05) is 18.0 Å². The second-order valence-corrected chi connectivity index (χ2v) is 6.67. The molecule has 0 saturated heterocycles. The number of sulfonamides is 1. The first kappa shape index (κ1) is 19.5. The average molecular weight is 334 g/mol. The molecule has 0 bridgehead atoms. The first-order valence-corrected chi connectivity index (χ1v) is 8.12. The maximum Gasteiger partial charge on any atom is 1.00 e. The van der Waals surface area contributed by atoms with Gasteiger partial charge in [0.15, 0.2) is 0 Å². The molecule has 1 rings (SSSR count). The standard InChI is InChI=1S/C10H14ClNO4S2.Na/c1-3-12(4-2)18(15,16)8-5-6-9(11)10(7-8)17(13)14;/h5-7H,3-4H2,1-2H3,(H,13,14);/q;+1/p-1. The molecule has 0 aromatic heterocycles. The Morgan fingerprint density at radius 1 is 1.32 bits per heavy atom. The molecular formula is C10H13ClNNaO4S2. The van der Waals surface area contributed by atoms with Crippen molar-refractivity contribution in [1.82, 2.24) is 4.31 Å². The van der Waals surface area contributed by atoms with Crippen molar-refractivity contribution in [3.05, 3.63) is 23.2 Å².